The third kappa shape index (κ3) is 2.01. The van der Waals surface area contributed by atoms with E-state index in [1.54, 1.807) is 0 Å². The van der Waals surface area contributed by atoms with Gasteiger partial charge in [0.1, 0.15) is 0 Å². The number of hydrogen-bond donors (Lipinski definition) is 1. The fourth-order valence-corrected chi connectivity index (χ4v) is 3.82. The van der Waals surface area contributed by atoms with Crippen molar-refractivity contribution in [1.82, 2.24) is 9.80 Å². The summed E-state index contributed by atoms with van der Waals surface area (Å²) in [7, 11) is 0. The van der Waals surface area contributed by atoms with E-state index < -0.39 is 0 Å². The van der Waals surface area contributed by atoms with E-state index in [4.69, 9.17) is 0 Å². The summed E-state index contributed by atoms with van der Waals surface area (Å²) in [6.45, 7) is 5.04. The second-order valence-electron chi connectivity index (χ2n) is 5.75. The van der Waals surface area contributed by atoms with Crippen LogP contribution < -0.4 is 0 Å². The van der Waals surface area contributed by atoms with Gasteiger partial charge in [-0.1, -0.05) is 0 Å². The maximum Gasteiger partial charge on any atom is 0.0695 e. The number of rotatable bonds is 2. The Morgan fingerprint density at radius 1 is 0.812 bits per heavy atom. The minimum atomic E-state index is -0.0441. The molecule has 0 aromatic rings. The van der Waals surface area contributed by atoms with E-state index in [-0.39, 0.29) is 6.10 Å². The highest BCUT2D eigenvalue weighted by Crippen LogP contribution is 2.29. The first-order valence-electron chi connectivity index (χ1n) is 7.01. The molecule has 0 radical (unpaired) electrons. The van der Waals surface area contributed by atoms with Crippen LogP contribution in [0.1, 0.15) is 38.5 Å². The number of likely N-dealkylation sites (tertiary alicyclic amines) is 2. The van der Waals surface area contributed by atoms with Crippen molar-refractivity contribution in [2.24, 2.45) is 0 Å². The zero-order valence-corrected chi connectivity index (χ0v) is 10.1. The van der Waals surface area contributed by atoms with Gasteiger partial charge in [-0.2, -0.15) is 0 Å². The SMILES string of the molecule is O[C@H]1CCC[C@@H]1N1CCC(N2CCCC2)C1. The van der Waals surface area contributed by atoms with Gasteiger partial charge in [0.05, 0.1) is 6.10 Å². The van der Waals surface area contributed by atoms with Crippen LogP contribution >= 0.6 is 0 Å². The average Bonchev–Trinajstić information content (AvgIpc) is 2.96. The molecule has 3 aliphatic rings. The molecular weight excluding hydrogens is 200 g/mol. The van der Waals surface area contributed by atoms with Crippen LogP contribution in [0, 0.1) is 0 Å². The summed E-state index contributed by atoms with van der Waals surface area (Å²) >= 11 is 0. The lowest BCUT2D eigenvalue weighted by Gasteiger charge is -2.28. The Kier molecular flexibility index (Phi) is 3.18. The van der Waals surface area contributed by atoms with Crippen molar-refractivity contribution in [2.75, 3.05) is 26.2 Å². The number of aliphatic hydroxyl groups is 1. The molecule has 3 fully saturated rings. The van der Waals surface area contributed by atoms with Gasteiger partial charge < -0.3 is 5.11 Å². The van der Waals surface area contributed by atoms with Gasteiger partial charge in [0, 0.05) is 25.2 Å². The lowest BCUT2D eigenvalue weighted by Crippen LogP contribution is -2.41. The normalized spacial score (nSPS) is 42.2. The fourth-order valence-electron chi connectivity index (χ4n) is 3.82. The Bertz CT molecular complexity index is 240. The highest BCUT2D eigenvalue weighted by molar-refractivity contribution is 4.93. The van der Waals surface area contributed by atoms with Crippen LogP contribution in [-0.2, 0) is 0 Å². The van der Waals surface area contributed by atoms with E-state index in [0.717, 1.165) is 12.5 Å². The van der Waals surface area contributed by atoms with Gasteiger partial charge in [-0.3, -0.25) is 9.80 Å². The highest BCUT2D eigenvalue weighted by Gasteiger charge is 2.37. The number of nitrogens with zero attached hydrogens (tertiary/aromatic N) is 2. The van der Waals surface area contributed by atoms with E-state index in [9.17, 15) is 5.11 Å². The van der Waals surface area contributed by atoms with E-state index in [2.05, 4.69) is 9.80 Å². The summed E-state index contributed by atoms with van der Waals surface area (Å²) in [5.41, 5.74) is 0. The predicted molar refractivity (Wildman–Crippen MR) is 64.4 cm³/mol. The standard InChI is InChI=1S/C13H24N2O/c16-13-5-3-4-12(13)15-9-6-11(10-15)14-7-1-2-8-14/h11-13,16H,1-10H2/t11?,12-,13-/m0/s1. The third-order valence-electron chi connectivity index (χ3n) is 4.76. The molecule has 1 aliphatic carbocycles. The fraction of sp³-hybridized carbons (Fsp3) is 1.00. The van der Waals surface area contributed by atoms with Crippen LogP contribution in [0.4, 0.5) is 0 Å². The summed E-state index contributed by atoms with van der Waals surface area (Å²) < 4.78 is 0. The summed E-state index contributed by atoms with van der Waals surface area (Å²) in [6.07, 6.45) is 7.52. The summed E-state index contributed by atoms with van der Waals surface area (Å²) in [4.78, 5) is 5.22. The lowest BCUT2D eigenvalue weighted by molar-refractivity contribution is 0.0802. The number of hydrogen-bond acceptors (Lipinski definition) is 3. The summed E-state index contributed by atoms with van der Waals surface area (Å²) in [5, 5.41) is 9.95. The third-order valence-corrected chi connectivity index (χ3v) is 4.76. The first-order valence-corrected chi connectivity index (χ1v) is 7.01. The van der Waals surface area contributed by atoms with Crippen LogP contribution in [0.5, 0.6) is 0 Å². The molecule has 3 rings (SSSR count). The minimum Gasteiger partial charge on any atom is -0.391 e. The second-order valence-corrected chi connectivity index (χ2v) is 5.75. The molecule has 92 valence electrons. The van der Waals surface area contributed by atoms with Crippen LogP contribution in [0.25, 0.3) is 0 Å². The monoisotopic (exact) mass is 224 g/mol. The zero-order chi connectivity index (χ0) is 11.0. The Morgan fingerprint density at radius 3 is 2.31 bits per heavy atom. The van der Waals surface area contributed by atoms with Crippen molar-refractivity contribution >= 4 is 0 Å². The van der Waals surface area contributed by atoms with Crippen LogP contribution in [0.3, 0.4) is 0 Å². The van der Waals surface area contributed by atoms with E-state index >= 15 is 0 Å². The van der Waals surface area contributed by atoms with Crippen molar-refractivity contribution in [2.45, 2.75) is 56.7 Å². The molecule has 0 aromatic carbocycles. The molecule has 2 heterocycles. The molecule has 0 aromatic heterocycles. The van der Waals surface area contributed by atoms with E-state index in [1.807, 2.05) is 0 Å². The van der Waals surface area contributed by atoms with Gasteiger partial charge >= 0.3 is 0 Å². The van der Waals surface area contributed by atoms with Gasteiger partial charge in [0.15, 0.2) is 0 Å². The number of aliphatic hydroxyl groups excluding tert-OH is 1. The van der Waals surface area contributed by atoms with Crippen LogP contribution in [-0.4, -0.2) is 59.3 Å². The molecule has 1 saturated carbocycles. The Balaban J connectivity index is 1.55. The minimum absolute atomic E-state index is 0.0441. The van der Waals surface area contributed by atoms with E-state index in [0.29, 0.717) is 6.04 Å². The predicted octanol–water partition coefficient (Wildman–Crippen LogP) is 1.07. The Morgan fingerprint density at radius 2 is 1.62 bits per heavy atom. The van der Waals surface area contributed by atoms with Crippen molar-refractivity contribution in [3.8, 4) is 0 Å². The molecule has 3 atom stereocenters. The topological polar surface area (TPSA) is 26.7 Å². The molecule has 3 nitrogen and oxygen atoms in total. The largest absolute Gasteiger partial charge is 0.391 e. The smallest absolute Gasteiger partial charge is 0.0695 e. The molecule has 0 amide bonds. The summed E-state index contributed by atoms with van der Waals surface area (Å²) in [6, 6.07) is 1.27. The molecule has 0 bridgehead atoms. The molecule has 16 heavy (non-hydrogen) atoms. The van der Waals surface area contributed by atoms with Crippen molar-refractivity contribution in [3.05, 3.63) is 0 Å². The van der Waals surface area contributed by atoms with Gasteiger partial charge in [0.2, 0.25) is 0 Å². The summed E-state index contributed by atoms with van der Waals surface area (Å²) in [5.74, 6) is 0. The maximum atomic E-state index is 9.95. The van der Waals surface area contributed by atoms with Crippen LogP contribution in [0.15, 0.2) is 0 Å². The van der Waals surface area contributed by atoms with Crippen molar-refractivity contribution in [3.63, 3.8) is 0 Å². The maximum absolute atomic E-state index is 9.95. The zero-order valence-electron chi connectivity index (χ0n) is 10.1. The van der Waals surface area contributed by atoms with Crippen molar-refractivity contribution in [1.29, 1.82) is 0 Å². The molecule has 3 heteroatoms. The molecule has 1 N–H and O–H groups in total. The van der Waals surface area contributed by atoms with Gasteiger partial charge in [0.25, 0.3) is 0 Å². The quantitative estimate of drug-likeness (QED) is 0.760. The lowest BCUT2D eigenvalue weighted by atomic mass is 10.2. The Hall–Kier alpha value is -0.120. The first kappa shape index (κ1) is 11.0. The van der Waals surface area contributed by atoms with Crippen molar-refractivity contribution < 1.29 is 5.11 Å². The molecule has 1 unspecified atom stereocenters. The second kappa shape index (κ2) is 4.63. The van der Waals surface area contributed by atoms with Crippen LogP contribution in [0.2, 0.25) is 0 Å². The molecule has 2 saturated heterocycles. The average molecular weight is 224 g/mol. The van der Waals surface area contributed by atoms with Gasteiger partial charge in [-0.15, -0.1) is 0 Å². The first-order chi connectivity index (χ1) is 7.84. The van der Waals surface area contributed by atoms with E-state index in [1.165, 1.54) is 58.3 Å². The Labute approximate surface area is 98.4 Å². The molecular formula is C13H24N2O. The molecule has 0 spiro atoms. The van der Waals surface area contributed by atoms with Gasteiger partial charge in [-0.25, -0.2) is 0 Å². The highest BCUT2D eigenvalue weighted by atomic mass is 16.3. The molecule has 2 aliphatic heterocycles. The van der Waals surface area contributed by atoms with Gasteiger partial charge in [-0.05, 0) is 51.6 Å².